The fourth-order valence-corrected chi connectivity index (χ4v) is 1.38. The third-order valence-corrected chi connectivity index (χ3v) is 2.50. The van der Waals surface area contributed by atoms with Gasteiger partial charge in [0.2, 0.25) is 0 Å². The molecule has 0 unspecified atom stereocenters. The van der Waals surface area contributed by atoms with Crippen LogP contribution in [0.15, 0.2) is 0 Å². The molecule has 0 N–H and O–H groups in total. The number of aromatic nitrogens is 1. The van der Waals surface area contributed by atoms with Crippen molar-refractivity contribution < 1.29 is 9.59 Å². The number of hydrogen-bond donors (Lipinski definition) is 0. The van der Waals surface area contributed by atoms with E-state index >= 15 is 0 Å². The average molecular weight is 191 g/mol. The molecule has 0 spiro atoms. The van der Waals surface area contributed by atoms with Gasteiger partial charge in [-0.25, -0.2) is 4.98 Å². The molecule has 1 aromatic rings. The maximum absolute atomic E-state index is 11.2. The Morgan fingerprint density at radius 3 is 2.21 bits per heavy atom. The van der Waals surface area contributed by atoms with E-state index < -0.39 is 0 Å². The van der Waals surface area contributed by atoms with Gasteiger partial charge in [0.05, 0.1) is 0 Å². The number of carbonyl (C=O) groups is 2. The Hall–Kier alpha value is -1.51. The molecule has 74 valence electrons. The van der Waals surface area contributed by atoms with Crippen molar-refractivity contribution in [1.29, 1.82) is 0 Å². The smallest absolute Gasteiger partial charge is 0.178 e. The first-order valence-electron chi connectivity index (χ1n) is 4.43. The summed E-state index contributed by atoms with van der Waals surface area (Å²) in [6.07, 6.45) is 0.700. The maximum atomic E-state index is 11.2. The first-order chi connectivity index (χ1) is 6.49. The van der Waals surface area contributed by atoms with Crippen LogP contribution in [0.25, 0.3) is 0 Å². The highest BCUT2D eigenvalue weighted by molar-refractivity contribution is 6.00. The van der Waals surface area contributed by atoms with Gasteiger partial charge >= 0.3 is 0 Å². The van der Waals surface area contributed by atoms with E-state index in [0.717, 1.165) is 16.8 Å². The lowest BCUT2D eigenvalue weighted by Gasteiger charge is -2.09. The van der Waals surface area contributed by atoms with Crippen molar-refractivity contribution in [3.63, 3.8) is 0 Å². The highest BCUT2D eigenvalue weighted by Crippen LogP contribution is 2.17. The van der Waals surface area contributed by atoms with Gasteiger partial charge in [-0.05, 0) is 31.9 Å². The van der Waals surface area contributed by atoms with Crippen molar-refractivity contribution in [3.8, 4) is 0 Å². The van der Waals surface area contributed by atoms with Crippen LogP contribution in [-0.2, 0) is 0 Å². The Bertz CT molecular complexity index is 408. The molecule has 0 atom stereocenters. The van der Waals surface area contributed by atoms with Gasteiger partial charge in [-0.15, -0.1) is 0 Å². The van der Waals surface area contributed by atoms with Crippen LogP contribution in [0.4, 0.5) is 0 Å². The van der Waals surface area contributed by atoms with Crippen LogP contribution in [0.2, 0.25) is 0 Å². The largest absolute Gasteiger partial charge is 0.298 e. The number of pyridine rings is 1. The van der Waals surface area contributed by atoms with Crippen molar-refractivity contribution in [2.45, 2.75) is 27.7 Å². The lowest BCUT2D eigenvalue weighted by Crippen LogP contribution is -2.08. The quantitative estimate of drug-likeness (QED) is 0.530. The fourth-order valence-electron chi connectivity index (χ4n) is 1.38. The molecule has 0 bridgehead atoms. The summed E-state index contributed by atoms with van der Waals surface area (Å²) in [7, 11) is 0. The van der Waals surface area contributed by atoms with E-state index in [4.69, 9.17) is 0 Å². The minimum Gasteiger partial charge on any atom is -0.298 e. The number of aryl methyl sites for hydroxylation is 1. The van der Waals surface area contributed by atoms with Crippen molar-refractivity contribution in [3.05, 3.63) is 28.1 Å². The Kier molecular flexibility index (Phi) is 2.79. The predicted molar refractivity (Wildman–Crippen MR) is 53.8 cm³/mol. The van der Waals surface area contributed by atoms with Gasteiger partial charge < -0.3 is 0 Å². The summed E-state index contributed by atoms with van der Waals surface area (Å²) in [6, 6.07) is 0. The van der Waals surface area contributed by atoms with E-state index in [-0.39, 0.29) is 11.5 Å². The summed E-state index contributed by atoms with van der Waals surface area (Å²) in [4.78, 5) is 26.2. The number of aldehydes is 1. The molecule has 0 aliphatic rings. The van der Waals surface area contributed by atoms with Crippen molar-refractivity contribution in [1.82, 2.24) is 4.98 Å². The molecular weight excluding hydrogens is 178 g/mol. The van der Waals surface area contributed by atoms with Gasteiger partial charge in [0.1, 0.15) is 5.69 Å². The molecule has 1 rings (SSSR count). The first kappa shape index (κ1) is 10.6. The zero-order valence-corrected chi connectivity index (χ0v) is 8.84. The van der Waals surface area contributed by atoms with E-state index in [0.29, 0.717) is 11.8 Å². The third-order valence-electron chi connectivity index (χ3n) is 2.50. The molecular formula is C11H13NO2. The second-order valence-corrected chi connectivity index (χ2v) is 3.38. The third kappa shape index (κ3) is 1.58. The number of hydrogen-bond acceptors (Lipinski definition) is 3. The second-order valence-electron chi connectivity index (χ2n) is 3.38. The molecule has 1 aromatic heterocycles. The minimum absolute atomic E-state index is 0.168. The van der Waals surface area contributed by atoms with Crippen molar-refractivity contribution >= 4 is 12.1 Å². The number of rotatable bonds is 2. The molecule has 0 aliphatic heterocycles. The van der Waals surface area contributed by atoms with E-state index in [2.05, 4.69) is 4.98 Å². The zero-order valence-electron chi connectivity index (χ0n) is 8.84. The summed E-state index contributed by atoms with van der Waals surface area (Å²) in [5.41, 5.74) is 3.31. The molecule has 14 heavy (non-hydrogen) atoms. The Morgan fingerprint density at radius 2 is 1.79 bits per heavy atom. The van der Waals surface area contributed by atoms with E-state index in [1.807, 2.05) is 20.8 Å². The lowest BCUT2D eigenvalue weighted by molar-refractivity contribution is 0.1000. The normalized spacial score (nSPS) is 10.0. The van der Waals surface area contributed by atoms with E-state index in [1.54, 1.807) is 0 Å². The lowest BCUT2D eigenvalue weighted by atomic mass is 10.0. The second kappa shape index (κ2) is 3.70. The highest BCUT2D eigenvalue weighted by Gasteiger charge is 2.14. The summed E-state index contributed by atoms with van der Waals surface area (Å²) in [6.45, 7) is 6.99. The van der Waals surface area contributed by atoms with Gasteiger partial charge in [0.15, 0.2) is 12.1 Å². The first-order valence-corrected chi connectivity index (χ1v) is 4.43. The molecule has 3 nitrogen and oxygen atoms in total. The summed E-state index contributed by atoms with van der Waals surface area (Å²) in [5.74, 6) is -0.168. The molecule has 0 aliphatic carbocycles. The van der Waals surface area contributed by atoms with Crippen LogP contribution in [-0.4, -0.2) is 17.1 Å². The molecule has 0 amide bonds. The Labute approximate surface area is 83.2 Å². The number of ketones is 1. The molecule has 1 heterocycles. The van der Waals surface area contributed by atoms with Crippen LogP contribution >= 0.6 is 0 Å². The van der Waals surface area contributed by atoms with Gasteiger partial charge in [-0.2, -0.15) is 0 Å². The molecule has 0 saturated heterocycles. The molecule has 0 fully saturated rings. The monoisotopic (exact) mass is 191 g/mol. The highest BCUT2D eigenvalue weighted by atomic mass is 16.1. The zero-order chi connectivity index (χ0) is 10.9. The van der Waals surface area contributed by atoms with Crippen LogP contribution in [0.1, 0.15) is 44.6 Å². The number of carbonyl (C=O) groups excluding carboxylic acids is 2. The summed E-state index contributed by atoms with van der Waals surface area (Å²) in [5, 5.41) is 0. The average Bonchev–Trinajstić information content (AvgIpc) is 2.13. The maximum Gasteiger partial charge on any atom is 0.178 e. The van der Waals surface area contributed by atoms with Gasteiger partial charge in [-0.1, -0.05) is 0 Å². The minimum atomic E-state index is -0.168. The van der Waals surface area contributed by atoms with Gasteiger partial charge in [0, 0.05) is 18.2 Å². The Morgan fingerprint density at radius 1 is 1.21 bits per heavy atom. The van der Waals surface area contributed by atoms with Gasteiger partial charge in [0.25, 0.3) is 0 Å². The molecule has 3 heteroatoms. The topological polar surface area (TPSA) is 47.0 Å². The molecule has 0 aromatic carbocycles. The summed E-state index contributed by atoms with van der Waals surface area (Å²) >= 11 is 0. The summed E-state index contributed by atoms with van der Waals surface area (Å²) < 4.78 is 0. The van der Waals surface area contributed by atoms with Crippen molar-refractivity contribution in [2.24, 2.45) is 0 Å². The molecule has 0 radical (unpaired) electrons. The van der Waals surface area contributed by atoms with Crippen LogP contribution < -0.4 is 0 Å². The van der Waals surface area contributed by atoms with Crippen LogP contribution in [0, 0.1) is 20.8 Å². The van der Waals surface area contributed by atoms with E-state index in [1.165, 1.54) is 6.92 Å². The van der Waals surface area contributed by atoms with Crippen LogP contribution in [0.5, 0.6) is 0 Å². The van der Waals surface area contributed by atoms with Crippen LogP contribution in [0.3, 0.4) is 0 Å². The van der Waals surface area contributed by atoms with E-state index in [9.17, 15) is 9.59 Å². The number of Topliss-reactive ketones (excluding diaryl/α,β-unsaturated/α-hetero) is 1. The SMILES string of the molecule is CC(=O)c1nc(C)c(C)c(C)c1C=O. The standard InChI is InChI=1S/C11H13NO2/c1-6-7(2)10(5-13)11(9(4)14)12-8(6)3/h5H,1-4H3. The number of nitrogens with zero attached hydrogens (tertiary/aromatic N) is 1. The molecule has 0 saturated carbocycles. The Balaban J connectivity index is 3.59. The fraction of sp³-hybridized carbons (Fsp3) is 0.364. The predicted octanol–water partition coefficient (Wildman–Crippen LogP) is 2.02. The van der Waals surface area contributed by atoms with Gasteiger partial charge in [-0.3, -0.25) is 9.59 Å². The van der Waals surface area contributed by atoms with Crippen molar-refractivity contribution in [2.75, 3.05) is 0 Å².